The van der Waals surface area contributed by atoms with Gasteiger partial charge < -0.3 is 15.0 Å². The van der Waals surface area contributed by atoms with Crippen LogP contribution in [0.3, 0.4) is 0 Å². The fourth-order valence-corrected chi connectivity index (χ4v) is 2.75. The molecule has 1 saturated heterocycles. The van der Waals surface area contributed by atoms with Gasteiger partial charge in [-0.3, -0.25) is 4.79 Å². The number of para-hydroxylation sites is 2. The van der Waals surface area contributed by atoms with Gasteiger partial charge in [0.25, 0.3) is 5.91 Å². The smallest absolute Gasteiger partial charge is 0.251 e. The Morgan fingerprint density at radius 2 is 1.71 bits per heavy atom. The lowest BCUT2D eigenvalue weighted by Crippen LogP contribution is -2.36. The first-order valence-corrected chi connectivity index (χ1v) is 8.20. The zero-order chi connectivity index (χ0) is 16.8. The first-order chi connectivity index (χ1) is 11.7. The molecule has 0 spiro atoms. The maximum Gasteiger partial charge on any atom is 0.251 e. The van der Waals surface area contributed by atoms with Crippen molar-refractivity contribution >= 4 is 23.4 Å². The molecule has 1 amide bonds. The lowest BCUT2D eigenvalue weighted by molar-refractivity contribution is -0.112. The first-order valence-electron chi connectivity index (χ1n) is 8.20. The molecule has 1 aliphatic rings. The van der Waals surface area contributed by atoms with Crippen LogP contribution in [0.25, 0.3) is 6.08 Å². The third-order valence-corrected chi connectivity index (χ3v) is 4.04. The summed E-state index contributed by atoms with van der Waals surface area (Å²) in [4.78, 5) is 14.8. The number of anilines is 2. The topological polar surface area (TPSA) is 41.6 Å². The van der Waals surface area contributed by atoms with E-state index in [4.69, 9.17) is 4.74 Å². The van der Waals surface area contributed by atoms with Gasteiger partial charge in [-0.1, -0.05) is 42.5 Å². The van der Waals surface area contributed by atoms with E-state index in [0.717, 1.165) is 43.2 Å². The molecule has 1 N–H and O–H groups in total. The van der Waals surface area contributed by atoms with Crippen molar-refractivity contribution in [3.63, 3.8) is 0 Å². The Morgan fingerprint density at radius 1 is 1.04 bits per heavy atom. The molecule has 0 aliphatic carbocycles. The van der Waals surface area contributed by atoms with Gasteiger partial charge in [0.05, 0.1) is 24.6 Å². The van der Waals surface area contributed by atoms with Crippen molar-refractivity contribution < 1.29 is 9.53 Å². The lowest BCUT2D eigenvalue weighted by atomic mass is 10.1. The van der Waals surface area contributed by atoms with E-state index >= 15 is 0 Å². The van der Waals surface area contributed by atoms with Crippen molar-refractivity contribution in [2.75, 3.05) is 36.5 Å². The number of nitrogens with one attached hydrogen (secondary N) is 1. The van der Waals surface area contributed by atoms with Crippen molar-refractivity contribution in [1.82, 2.24) is 0 Å². The minimum absolute atomic E-state index is 0.0837. The molecule has 0 unspecified atom stereocenters. The Balaban J connectivity index is 1.76. The van der Waals surface area contributed by atoms with E-state index in [1.165, 1.54) is 0 Å². The van der Waals surface area contributed by atoms with Gasteiger partial charge >= 0.3 is 0 Å². The summed E-state index contributed by atoms with van der Waals surface area (Å²) in [5.41, 5.74) is 3.58. The highest BCUT2D eigenvalue weighted by Gasteiger charge is 2.16. The highest BCUT2D eigenvalue weighted by molar-refractivity contribution is 6.07. The van der Waals surface area contributed by atoms with Crippen molar-refractivity contribution in [2.24, 2.45) is 0 Å². The second kappa shape index (κ2) is 7.79. The third-order valence-electron chi connectivity index (χ3n) is 4.04. The summed E-state index contributed by atoms with van der Waals surface area (Å²) < 4.78 is 5.41. The molecular weight excluding hydrogens is 300 g/mol. The molecule has 0 atom stereocenters. The fraction of sp³-hybridized carbons (Fsp3) is 0.250. The minimum atomic E-state index is -0.0837. The summed E-state index contributed by atoms with van der Waals surface area (Å²) in [6, 6.07) is 17.8. The normalized spacial score (nSPS) is 15.2. The number of morpholine rings is 1. The van der Waals surface area contributed by atoms with Gasteiger partial charge in [0.15, 0.2) is 0 Å². The van der Waals surface area contributed by atoms with E-state index in [9.17, 15) is 4.79 Å². The number of nitrogens with zero attached hydrogens (tertiary/aromatic N) is 1. The summed E-state index contributed by atoms with van der Waals surface area (Å²) in [5.74, 6) is -0.0837. The van der Waals surface area contributed by atoms with Gasteiger partial charge in [0.2, 0.25) is 0 Å². The maximum atomic E-state index is 12.5. The molecule has 4 heteroatoms. The molecule has 0 saturated carbocycles. The summed E-state index contributed by atoms with van der Waals surface area (Å²) >= 11 is 0. The minimum Gasteiger partial charge on any atom is -0.378 e. The number of hydrogen-bond donors (Lipinski definition) is 1. The van der Waals surface area contributed by atoms with Crippen LogP contribution in [0.4, 0.5) is 11.4 Å². The van der Waals surface area contributed by atoms with Gasteiger partial charge in [-0.15, -0.1) is 0 Å². The van der Waals surface area contributed by atoms with Crippen LogP contribution < -0.4 is 10.2 Å². The average Bonchev–Trinajstić information content (AvgIpc) is 2.63. The Hall–Kier alpha value is -2.59. The number of carbonyl (C=O) groups excluding carboxylic acids is 1. The number of carbonyl (C=O) groups is 1. The van der Waals surface area contributed by atoms with Crippen LogP contribution in [0, 0.1) is 0 Å². The average molecular weight is 322 g/mol. The molecule has 0 bridgehead atoms. The van der Waals surface area contributed by atoms with Crippen LogP contribution in [-0.2, 0) is 9.53 Å². The highest BCUT2D eigenvalue weighted by Crippen LogP contribution is 2.26. The molecule has 3 rings (SSSR count). The van der Waals surface area contributed by atoms with E-state index < -0.39 is 0 Å². The SMILES string of the molecule is C/C(=C\c1ccccc1)C(=O)Nc1ccccc1N1CCOCC1. The summed E-state index contributed by atoms with van der Waals surface area (Å²) in [7, 11) is 0. The Morgan fingerprint density at radius 3 is 2.46 bits per heavy atom. The van der Waals surface area contributed by atoms with Crippen LogP contribution in [-0.4, -0.2) is 32.2 Å². The monoisotopic (exact) mass is 322 g/mol. The van der Waals surface area contributed by atoms with Gasteiger partial charge in [-0.05, 0) is 30.7 Å². The second-order valence-electron chi connectivity index (χ2n) is 5.81. The molecule has 124 valence electrons. The number of rotatable bonds is 4. The highest BCUT2D eigenvalue weighted by atomic mass is 16.5. The van der Waals surface area contributed by atoms with Crippen LogP contribution in [0.1, 0.15) is 12.5 Å². The molecular formula is C20H22N2O2. The summed E-state index contributed by atoms with van der Waals surface area (Å²) in [5, 5.41) is 3.04. The van der Waals surface area contributed by atoms with Gasteiger partial charge in [0.1, 0.15) is 0 Å². The van der Waals surface area contributed by atoms with E-state index in [1.54, 1.807) is 0 Å². The van der Waals surface area contributed by atoms with Crippen LogP contribution in [0.15, 0.2) is 60.2 Å². The molecule has 2 aromatic carbocycles. The fourth-order valence-electron chi connectivity index (χ4n) is 2.75. The van der Waals surface area contributed by atoms with Crippen LogP contribution in [0.2, 0.25) is 0 Å². The quantitative estimate of drug-likeness (QED) is 0.875. The molecule has 1 fully saturated rings. The van der Waals surface area contributed by atoms with Crippen LogP contribution in [0.5, 0.6) is 0 Å². The van der Waals surface area contributed by atoms with E-state index in [-0.39, 0.29) is 5.91 Å². The molecule has 1 heterocycles. The zero-order valence-corrected chi connectivity index (χ0v) is 13.9. The Labute approximate surface area is 142 Å². The maximum absolute atomic E-state index is 12.5. The Bertz CT molecular complexity index is 719. The zero-order valence-electron chi connectivity index (χ0n) is 13.9. The number of hydrogen-bond acceptors (Lipinski definition) is 3. The van der Waals surface area contributed by atoms with E-state index in [0.29, 0.717) is 5.57 Å². The van der Waals surface area contributed by atoms with Crippen molar-refractivity contribution in [2.45, 2.75) is 6.92 Å². The second-order valence-corrected chi connectivity index (χ2v) is 5.81. The van der Waals surface area contributed by atoms with Crippen molar-refractivity contribution in [1.29, 1.82) is 0 Å². The number of benzene rings is 2. The molecule has 24 heavy (non-hydrogen) atoms. The number of ether oxygens (including phenoxy) is 1. The van der Waals surface area contributed by atoms with Crippen molar-refractivity contribution in [3.05, 3.63) is 65.7 Å². The Kier molecular flexibility index (Phi) is 5.29. The lowest BCUT2D eigenvalue weighted by Gasteiger charge is -2.30. The van der Waals surface area contributed by atoms with Crippen LogP contribution >= 0.6 is 0 Å². The molecule has 1 aliphatic heterocycles. The number of amides is 1. The van der Waals surface area contributed by atoms with Gasteiger partial charge in [-0.25, -0.2) is 0 Å². The largest absolute Gasteiger partial charge is 0.378 e. The van der Waals surface area contributed by atoms with Gasteiger partial charge in [0, 0.05) is 18.7 Å². The predicted octanol–water partition coefficient (Wildman–Crippen LogP) is 3.57. The predicted molar refractivity (Wildman–Crippen MR) is 98.2 cm³/mol. The van der Waals surface area contributed by atoms with E-state index in [1.807, 2.05) is 67.6 Å². The summed E-state index contributed by atoms with van der Waals surface area (Å²) in [6.45, 7) is 4.95. The third kappa shape index (κ3) is 4.03. The molecule has 2 aromatic rings. The van der Waals surface area contributed by atoms with Crippen molar-refractivity contribution in [3.8, 4) is 0 Å². The van der Waals surface area contributed by atoms with Gasteiger partial charge in [-0.2, -0.15) is 0 Å². The standard InChI is InChI=1S/C20H22N2O2/c1-16(15-17-7-3-2-4-8-17)20(23)21-18-9-5-6-10-19(18)22-11-13-24-14-12-22/h2-10,15H,11-14H2,1H3,(H,21,23)/b16-15+. The first kappa shape index (κ1) is 16.3. The molecule has 0 aromatic heterocycles. The molecule has 0 radical (unpaired) electrons. The summed E-state index contributed by atoms with van der Waals surface area (Å²) in [6.07, 6.45) is 1.90. The molecule has 4 nitrogen and oxygen atoms in total. The van der Waals surface area contributed by atoms with E-state index in [2.05, 4.69) is 10.2 Å².